The van der Waals surface area contributed by atoms with Crippen molar-refractivity contribution in [1.82, 2.24) is 10.2 Å². The molecule has 0 aromatic heterocycles. The number of nitrogens with one attached hydrogen (secondary N) is 1. The molecule has 0 atom stereocenters. The predicted octanol–water partition coefficient (Wildman–Crippen LogP) is 2.17. The molecular weight excluding hydrogens is 232 g/mol. The Morgan fingerprint density at radius 2 is 1.44 bits per heavy atom. The van der Waals surface area contributed by atoms with Crippen molar-refractivity contribution in [3.63, 3.8) is 0 Å². The largest absolute Gasteiger partial charge is 0.465 e. The lowest BCUT2D eigenvalue weighted by atomic mass is 10.1. The molecule has 1 amide bonds. The number of carboxylic acid groups (broad SMARTS) is 1. The van der Waals surface area contributed by atoms with Crippen molar-refractivity contribution in [2.75, 3.05) is 26.2 Å². The number of ether oxygens (including phenoxy) is 1. The standard InChI is InChI=1S/C8H18O.C5H10N2O2/c1-7(2,3)9-8(4,5)6;8-5(9)7-3-1-6-2-4-7/h1-6H3;6H,1-4H2,(H,8,9). The maximum absolute atomic E-state index is 10.3. The number of hydrogen-bond donors (Lipinski definition) is 2. The zero-order valence-corrected chi connectivity index (χ0v) is 12.5. The van der Waals surface area contributed by atoms with E-state index in [9.17, 15) is 4.79 Å². The molecule has 108 valence electrons. The minimum absolute atomic E-state index is 0.0156. The van der Waals surface area contributed by atoms with Crippen LogP contribution >= 0.6 is 0 Å². The Morgan fingerprint density at radius 3 is 1.61 bits per heavy atom. The van der Waals surface area contributed by atoms with Crippen molar-refractivity contribution in [2.24, 2.45) is 0 Å². The summed E-state index contributed by atoms with van der Waals surface area (Å²) < 4.78 is 5.62. The Kier molecular flexibility index (Phi) is 6.63. The van der Waals surface area contributed by atoms with E-state index in [1.807, 2.05) is 0 Å². The van der Waals surface area contributed by atoms with Crippen LogP contribution in [-0.4, -0.2) is 53.5 Å². The predicted molar refractivity (Wildman–Crippen MR) is 73.1 cm³/mol. The molecule has 0 unspecified atom stereocenters. The number of carbonyl (C=O) groups is 1. The number of amides is 1. The monoisotopic (exact) mass is 260 g/mol. The minimum Gasteiger partial charge on any atom is -0.465 e. The maximum atomic E-state index is 10.3. The summed E-state index contributed by atoms with van der Waals surface area (Å²) in [6.07, 6.45) is -0.809. The molecule has 2 N–H and O–H groups in total. The van der Waals surface area contributed by atoms with Gasteiger partial charge in [0.25, 0.3) is 0 Å². The lowest BCUT2D eigenvalue weighted by molar-refractivity contribution is -0.102. The van der Waals surface area contributed by atoms with E-state index < -0.39 is 6.09 Å². The number of nitrogens with zero attached hydrogens (tertiary/aromatic N) is 1. The van der Waals surface area contributed by atoms with Gasteiger partial charge >= 0.3 is 6.09 Å². The maximum Gasteiger partial charge on any atom is 0.407 e. The van der Waals surface area contributed by atoms with Crippen LogP contribution in [0.1, 0.15) is 41.5 Å². The summed E-state index contributed by atoms with van der Waals surface area (Å²) in [6.45, 7) is 15.2. The molecule has 1 heterocycles. The van der Waals surface area contributed by atoms with Crippen molar-refractivity contribution in [1.29, 1.82) is 0 Å². The zero-order chi connectivity index (χ0) is 14.4. The van der Waals surface area contributed by atoms with Crippen LogP contribution in [0.15, 0.2) is 0 Å². The topological polar surface area (TPSA) is 61.8 Å². The number of hydrogen-bond acceptors (Lipinski definition) is 3. The zero-order valence-electron chi connectivity index (χ0n) is 12.5. The second-order valence-electron chi connectivity index (χ2n) is 6.35. The van der Waals surface area contributed by atoms with Gasteiger partial charge in [-0.3, -0.25) is 0 Å². The van der Waals surface area contributed by atoms with Gasteiger partial charge in [0.2, 0.25) is 0 Å². The number of rotatable bonds is 0. The fourth-order valence-corrected chi connectivity index (χ4v) is 1.77. The van der Waals surface area contributed by atoms with Gasteiger partial charge in [-0.25, -0.2) is 4.79 Å². The van der Waals surface area contributed by atoms with Crippen LogP contribution < -0.4 is 5.32 Å². The normalized spacial score (nSPS) is 16.9. The van der Waals surface area contributed by atoms with Crippen LogP contribution in [0.4, 0.5) is 4.79 Å². The van der Waals surface area contributed by atoms with Gasteiger partial charge in [0.1, 0.15) is 0 Å². The fourth-order valence-electron chi connectivity index (χ4n) is 1.77. The number of piperazine rings is 1. The highest BCUT2D eigenvalue weighted by Crippen LogP contribution is 2.17. The summed E-state index contributed by atoms with van der Waals surface area (Å²) in [4.78, 5) is 11.7. The van der Waals surface area contributed by atoms with E-state index in [1.54, 1.807) is 0 Å². The second kappa shape index (κ2) is 6.95. The lowest BCUT2D eigenvalue weighted by Gasteiger charge is -2.30. The summed E-state index contributed by atoms with van der Waals surface area (Å²) in [6, 6.07) is 0. The average Bonchev–Trinajstić information content (AvgIpc) is 2.14. The Morgan fingerprint density at radius 1 is 1.06 bits per heavy atom. The summed E-state index contributed by atoms with van der Waals surface area (Å²) in [5, 5.41) is 11.5. The third-order valence-electron chi connectivity index (χ3n) is 2.00. The first-order chi connectivity index (χ1) is 8.01. The molecule has 0 bridgehead atoms. The first kappa shape index (κ1) is 17.2. The first-order valence-electron chi connectivity index (χ1n) is 6.40. The van der Waals surface area contributed by atoms with Gasteiger partial charge in [-0.1, -0.05) is 0 Å². The van der Waals surface area contributed by atoms with E-state index >= 15 is 0 Å². The van der Waals surface area contributed by atoms with E-state index in [2.05, 4.69) is 46.9 Å². The summed E-state index contributed by atoms with van der Waals surface area (Å²) in [7, 11) is 0. The van der Waals surface area contributed by atoms with Gasteiger partial charge in [0, 0.05) is 26.2 Å². The highest BCUT2D eigenvalue weighted by Gasteiger charge is 2.20. The molecular formula is C13H28N2O3. The summed E-state index contributed by atoms with van der Waals surface area (Å²) in [5.41, 5.74) is -0.0312. The van der Waals surface area contributed by atoms with E-state index in [-0.39, 0.29) is 11.2 Å². The Hall–Kier alpha value is -0.810. The van der Waals surface area contributed by atoms with E-state index in [0.29, 0.717) is 13.1 Å². The molecule has 0 radical (unpaired) electrons. The molecule has 18 heavy (non-hydrogen) atoms. The fraction of sp³-hybridized carbons (Fsp3) is 0.923. The molecule has 1 aliphatic rings. The molecule has 0 saturated carbocycles. The van der Waals surface area contributed by atoms with Gasteiger partial charge in [0.15, 0.2) is 0 Å². The van der Waals surface area contributed by atoms with Crippen LogP contribution in [0.3, 0.4) is 0 Å². The molecule has 5 nitrogen and oxygen atoms in total. The molecule has 5 heteroatoms. The Bertz CT molecular complexity index is 236. The molecule has 0 aliphatic carbocycles. The third kappa shape index (κ3) is 10.4. The van der Waals surface area contributed by atoms with Crippen molar-refractivity contribution < 1.29 is 14.6 Å². The van der Waals surface area contributed by atoms with Gasteiger partial charge < -0.3 is 20.1 Å². The van der Waals surface area contributed by atoms with E-state index in [4.69, 9.17) is 9.84 Å². The van der Waals surface area contributed by atoms with Crippen LogP contribution in [0.2, 0.25) is 0 Å². The van der Waals surface area contributed by atoms with E-state index in [1.165, 1.54) is 4.90 Å². The highest BCUT2D eigenvalue weighted by atomic mass is 16.5. The SMILES string of the molecule is CC(C)(C)OC(C)(C)C.O=C(O)N1CCNCC1. The first-order valence-corrected chi connectivity index (χ1v) is 6.40. The molecule has 0 aromatic rings. The van der Waals surface area contributed by atoms with Gasteiger partial charge in [0.05, 0.1) is 11.2 Å². The smallest absolute Gasteiger partial charge is 0.407 e. The lowest BCUT2D eigenvalue weighted by Crippen LogP contribution is -2.45. The van der Waals surface area contributed by atoms with Crippen LogP contribution in [0.25, 0.3) is 0 Å². The van der Waals surface area contributed by atoms with E-state index in [0.717, 1.165) is 13.1 Å². The quantitative estimate of drug-likeness (QED) is 0.700. The van der Waals surface area contributed by atoms with Crippen LogP contribution in [0.5, 0.6) is 0 Å². The van der Waals surface area contributed by atoms with Crippen LogP contribution in [-0.2, 0) is 4.74 Å². The van der Waals surface area contributed by atoms with Crippen LogP contribution in [0, 0.1) is 0 Å². The van der Waals surface area contributed by atoms with Crippen molar-refractivity contribution >= 4 is 6.09 Å². The van der Waals surface area contributed by atoms with Crippen molar-refractivity contribution in [2.45, 2.75) is 52.7 Å². The van der Waals surface area contributed by atoms with Crippen molar-refractivity contribution in [3.05, 3.63) is 0 Å². The van der Waals surface area contributed by atoms with Gasteiger partial charge in [-0.15, -0.1) is 0 Å². The molecule has 1 saturated heterocycles. The third-order valence-corrected chi connectivity index (χ3v) is 2.00. The van der Waals surface area contributed by atoms with Crippen molar-refractivity contribution in [3.8, 4) is 0 Å². The molecule has 1 rings (SSSR count). The average molecular weight is 260 g/mol. The van der Waals surface area contributed by atoms with Gasteiger partial charge in [-0.2, -0.15) is 0 Å². The Balaban J connectivity index is 0.000000321. The Labute approximate surface area is 110 Å². The molecule has 1 aliphatic heterocycles. The molecule has 1 fully saturated rings. The molecule has 0 spiro atoms. The van der Waals surface area contributed by atoms with Gasteiger partial charge in [-0.05, 0) is 41.5 Å². The summed E-state index contributed by atoms with van der Waals surface area (Å²) in [5.74, 6) is 0. The highest BCUT2D eigenvalue weighted by molar-refractivity contribution is 5.65. The molecule has 0 aromatic carbocycles. The second-order valence-corrected chi connectivity index (χ2v) is 6.35. The minimum atomic E-state index is -0.809. The summed E-state index contributed by atoms with van der Waals surface area (Å²) >= 11 is 0.